The standard InChI is InChI=1S/C12H16F3N3/c13-12(14,15)8-2-1-5-18(7-8)9-3-4-10(16)11(17)6-9/h3-4,6,8H,1-2,5,7,16-17H2. The van der Waals surface area contributed by atoms with E-state index in [-0.39, 0.29) is 13.0 Å². The van der Waals surface area contributed by atoms with Gasteiger partial charge in [0, 0.05) is 18.8 Å². The van der Waals surface area contributed by atoms with Gasteiger partial charge in [0.05, 0.1) is 17.3 Å². The number of anilines is 3. The smallest absolute Gasteiger partial charge is 0.393 e. The maximum atomic E-state index is 12.7. The third-order valence-electron chi connectivity index (χ3n) is 3.32. The lowest BCUT2D eigenvalue weighted by Gasteiger charge is -2.35. The first kappa shape index (κ1) is 12.9. The van der Waals surface area contributed by atoms with E-state index in [0.29, 0.717) is 30.0 Å². The molecule has 1 aliphatic rings. The summed E-state index contributed by atoms with van der Waals surface area (Å²) in [7, 11) is 0. The van der Waals surface area contributed by atoms with Gasteiger partial charge in [0.1, 0.15) is 0 Å². The number of hydrogen-bond acceptors (Lipinski definition) is 3. The van der Waals surface area contributed by atoms with Gasteiger partial charge in [-0.15, -0.1) is 0 Å². The minimum atomic E-state index is -4.13. The van der Waals surface area contributed by atoms with Crippen molar-refractivity contribution < 1.29 is 13.2 Å². The summed E-state index contributed by atoms with van der Waals surface area (Å²) in [6, 6.07) is 4.97. The molecular formula is C12H16F3N3. The van der Waals surface area contributed by atoms with Crippen molar-refractivity contribution in [2.24, 2.45) is 5.92 Å². The number of piperidine rings is 1. The van der Waals surface area contributed by atoms with Crippen molar-refractivity contribution in [3.05, 3.63) is 18.2 Å². The molecule has 0 amide bonds. The second kappa shape index (κ2) is 4.59. The summed E-state index contributed by atoms with van der Waals surface area (Å²) >= 11 is 0. The van der Waals surface area contributed by atoms with Crippen LogP contribution in [-0.4, -0.2) is 19.3 Å². The van der Waals surface area contributed by atoms with Gasteiger partial charge in [0.2, 0.25) is 0 Å². The molecule has 2 rings (SSSR count). The highest BCUT2D eigenvalue weighted by Gasteiger charge is 2.41. The zero-order valence-corrected chi connectivity index (χ0v) is 9.87. The summed E-state index contributed by atoms with van der Waals surface area (Å²) in [6.07, 6.45) is -3.39. The first-order chi connectivity index (χ1) is 8.38. The third kappa shape index (κ3) is 2.63. The first-order valence-corrected chi connectivity index (χ1v) is 5.84. The molecule has 0 aliphatic carbocycles. The summed E-state index contributed by atoms with van der Waals surface area (Å²) in [4.78, 5) is 1.72. The van der Waals surface area contributed by atoms with Gasteiger partial charge in [0.25, 0.3) is 0 Å². The molecular weight excluding hydrogens is 243 g/mol. The van der Waals surface area contributed by atoms with Crippen LogP contribution in [0.25, 0.3) is 0 Å². The SMILES string of the molecule is Nc1ccc(N2CCCC(C(F)(F)F)C2)cc1N. The number of rotatable bonds is 1. The van der Waals surface area contributed by atoms with Crippen molar-refractivity contribution in [1.29, 1.82) is 0 Å². The predicted octanol–water partition coefficient (Wildman–Crippen LogP) is 2.63. The zero-order chi connectivity index (χ0) is 13.3. The molecule has 1 atom stereocenters. The van der Waals surface area contributed by atoms with Crippen LogP contribution >= 0.6 is 0 Å². The van der Waals surface area contributed by atoms with Crippen LogP contribution in [0.4, 0.5) is 30.2 Å². The molecule has 0 saturated carbocycles. The normalized spacial score (nSPS) is 21.1. The van der Waals surface area contributed by atoms with Gasteiger partial charge in [-0.25, -0.2) is 0 Å². The lowest BCUT2D eigenvalue weighted by molar-refractivity contribution is -0.175. The highest BCUT2D eigenvalue weighted by molar-refractivity contribution is 5.69. The fourth-order valence-electron chi connectivity index (χ4n) is 2.24. The molecule has 18 heavy (non-hydrogen) atoms. The van der Waals surface area contributed by atoms with E-state index >= 15 is 0 Å². The molecule has 1 heterocycles. The maximum absolute atomic E-state index is 12.7. The van der Waals surface area contributed by atoms with Crippen LogP contribution in [0.5, 0.6) is 0 Å². The Labute approximate surface area is 104 Å². The van der Waals surface area contributed by atoms with Crippen molar-refractivity contribution in [3.8, 4) is 0 Å². The van der Waals surface area contributed by atoms with Crippen molar-refractivity contribution in [2.45, 2.75) is 19.0 Å². The van der Waals surface area contributed by atoms with E-state index in [2.05, 4.69) is 0 Å². The van der Waals surface area contributed by atoms with Crippen molar-refractivity contribution in [3.63, 3.8) is 0 Å². The van der Waals surface area contributed by atoms with Gasteiger partial charge in [-0.1, -0.05) is 0 Å². The Kier molecular flexibility index (Phi) is 3.28. The number of hydrogen-bond donors (Lipinski definition) is 2. The Morgan fingerprint density at radius 1 is 1.17 bits per heavy atom. The predicted molar refractivity (Wildman–Crippen MR) is 66.3 cm³/mol. The van der Waals surface area contributed by atoms with Gasteiger partial charge in [0.15, 0.2) is 0 Å². The van der Waals surface area contributed by atoms with E-state index in [1.54, 1.807) is 23.1 Å². The van der Waals surface area contributed by atoms with Gasteiger partial charge in [-0.2, -0.15) is 13.2 Å². The number of nitrogens with zero attached hydrogens (tertiary/aromatic N) is 1. The summed E-state index contributed by atoms with van der Waals surface area (Å²) in [5.41, 5.74) is 12.8. The lowest BCUT2D eigenvalue weighted by atomic mass is 9.97. The van der Waals surface area contributed by atoms with E-state index in [0.717, 1.165) is 0 Å². The maximum Gasteiger partial charge on any atom is 0.393 e. The van der Waals surface area contributed by atoms with Crippen LogP contribution in [0.1, 0.15) is 12.8 Å². The Morgan fingerprint density at radius 2 is 1.89 bits per heavy atom. The molecule has 1 aromatic carbocycles. The molecule has 3 nitrogen and oxygen atoms in total. The highest BCUT2D eigenvalue weighted by atomic mass is 19.4. The van der Waals surface area contributed by atoms with Crippen LogP contribution in [0.2, 0.25) is 0 Å². The fraction of sp³-hybridized carbons (Fsp3) is 0.500. The Balaban J connectivity index is 2.15. The molecule has 100 valence electrons. The van der Waals surface area contributed by atoms with E-state index in [1.807, 2.05) is 0 Å². The zero-order valence-electron chi connectivity index (χ0n) is 9.87. The second-order valence-electron chi connectivity index (χ2n) is 4.64. The molecule has 0 bridgehead atoms. The highest BCUT2D eigenvalue weighted by Crippen LogP contribution is 2.35. The monoisotopic (exact) mass is 259 g/mol. The average Bonchev–Trinajstić information content (AvgIpc) is 2.32. The minimum absolute atomic E-state index is 0.00709. The van der Waals surface area contributed by atoms with Crippen LogP contribution < -0.4 is 16.4 Å². The second-order valence-corrected chi connectivity index (χ2v) is 4.64. The Bertz CT molecular complexity index is 431. The van der Waals surface area contributed by atoms with E-state index < -0.39 is 12.1 Å². The minimum Gasteiger partial charge on any atom is -0.397 e. The Morgan fingerprint density at radius 3 is 2.50 bits per heavy atom. The molecule has 1 fully saturated rings. The summed E-state index contributed by atoms with van der Waals surface area (Å²) in [5, 5.41) is 0. The molecule has 0 aromatic heterocycles. The van der Waals surface area contributed by atoms with Gasteiger partial charge in [-0.05, 0) is 31.0 Å². The van der Waals surface area contributed by atoms with E-state index in [9.17, 15) is 13.2 Å². The van der Waals surface area contributed by atoms with Gasteiger partial charge in [-0.3, -0.25) is 0 Å². The molecule has 1 unspecified atom stereocenters. The van der Waals surface area contributed by atoms with Gasteiger partial charge < -0.3 is 16.4 Å². The molecule has 0 spiro atoms. The topological polar surface area (TPSA) is 55.3 Å². The number of benzene rings is 1. The van der Waals surface area contributed by atoms with E-state index in [4.69, 9.17) is 11.5 Å². The van der Waals surface area contributed by atoms with Crippen LogP contribution in [0.15, 0.2) is 18.2 Å². The van der Waals surface area contributed by atoms with Crippen molar-refractivity contribution in [2.75, 3.05) is 29.5 Å². The average molecular weight is 259 g/mol. The van der Waals surface area contributed by atoms with Crippen LogP contribution in [0, 0.1) is 5.92 Å². The van der Waals surface area contributed by atoms with Crippen molar-refractivity contribution in [1.82, 2.24) is 0 Å². The molecule has 1 aromatic rings. The van der Waals surface area contributed by atoms with Crippen LogP contribution in [-0.2, 0) is 0 Å². The number of alkyl halides is 3. The summed E-state index contributed by atoms with van der Waals surface area (Å²) in [5.74, 6) is -1.26. The fourth-order valence-corrected chi connectivity index (χ4v) is 2.24. The number of nitrogens with two attached hydrogens (primary N) is 2. The third-order valence-corrected chi connectivity index (χ3v) is 3.32. The molecule has 0 radical (unpaired) electrons. The molecule has 1 saturated heterocycles. The molecule has 6 heteroatoms. The summed E-state index contributed by atoms with van der Waals surface area (Å²) in [6.45, 7) is 0.614. The van der Waals surface area contributed by atoms with Gasteiger partial charge >= 0.3 is 6.18 Å². The molecule has 4 N–H and O–H groups in total. The summed E-state index contributed by atoms with van der Waals surface area (Å²) < 4.78 is 38.1. The Hall–Kier alpha value is -1.59. The van der Waals surface area contributed by atoms with Crippen molar-refractivity contribution >= 4 is 17.1 Å². The van der Waals surface area contributed by atoms with E-state index in [1.165, 1.54) is 0 Å². The quantitative estimate of drug-likeness (QED) is 0.762. The first-order valence-electron chi connectivity index (χ1n) is 5.84. The molecule has 1 aliphatic heterocycles. The van der Waals surface area contributed by atoms with Crippen LogP contribution in [0.3, 0.4) is 0 Å². The largest absolute Gasteiger partial charge is 0.397 e. The lowest BCUT2D eigenvalue weighted by Crippen LogP contribution is -2.41. The number of nitrogen functional groups attached to an aromatic ring is 2. The number of halogens is 3.